The Morgan fingerprint density at radius 2 is 2.11 bits per heavy atom. The molecule has 0 aliphatic carbocycles. The second-order valence-corrected chi connectivity index (χ2v) is 9.88. The van der Waals surface area contributed by atoms with E-state index < -0.39 is 0 Å². The molecule has 0 spiro atoms. The molecule has 1 atom stereocenters. The SMILES string of the molecule is Cc1nccc(C2CCN(c3cc4c(cc3NC(=O)c3cnn5cccnc35)CC(C)(C)O4)C2)n1. The number of hydrogen-bond donors (Lipinski definition) is 1. The number of fused-ring (bicyclic) bond motifs is 2. The minimum absolute atomic E-state index is 0.236. The number of hydrogen-bond acceptors (Lipinski definition) is 7. The van der Waals surface area contributed by atoms with E-state index >= 15 is 0 Å². The van der Waals surface area contributed by atoms with Crippen LogP contribution in [0.3, 0.4) is 0 Å². The molecule has 6 rings (SSSR count). The monoisotopic (exact) mass is 469 g/mol. The van der Waals surface area contributed by atoms with E-state index in [-0.39, 0.29) is 11.5 Å². The van der Waals surface area contributed by atoms with E-state index in [1.54, 1.807) is 29.2 Å². The maximum absolute atomic E-state index is 13.3. The molecule has 9 nitrogen and oxygen atoms in total. The third-order valence-corrected chi connectivity index (χ3v) is 6.70. The van der Waals surface area contributed by atoms with Gasteiger partial charge >= 0.3 is 0 Å². The van der Waals surface area contributed by atoms with Crippen molar-refractivity contribution in [3.05, 3.63) is 71.7 Å². The second kappa shape index (κ2) is 8.04. The Labute approximate surface area is 203 Å². The number of carbonyl (C=O) groups excluding carboxylic acids is 1. The summed E-state index contributed by atoms with van der Waals surface area (Å²) in [6, 6.07) is 7.90. The van der Waals surface area contributed by atoms with Gasteiger partial charge in [-0.25, -0.2) is 19.5 Å². The number of nitrogens with zero attached hydrogens (tertiary/aromatic N) is 6. The minimum atomic E-state index is -0.277. The standard InChI is InChI=1S/C26H27N7O2/c1-16-27-8-5-20(30-16)17-6-10-32(15-17)22-12-23-18(13-26(2,3)35-23)11-21(22)31-25(34)19-14-29-33-9-4-7-28-24(19)33/h4-5,7-9,11-12,14,17H,6,10,13,15H2,1-3H3,(H,31,34). The lowest BCUT2D eigenvalue weighted by Gasteiger charge is -2.23. The first kappa shape index (κ1) is 21.5. The predicted octanol–water partition coefficient (Wildman–Crippen LogP) is 3.79. The number of anilines is 2. The molecule has 1 unspecified atom stereocenters. The fourth-order valence-corrected chi connectivity index (χ4v) is 5.10. The Morgan fingerprint density at radius 3 is 2.97 bits per heavy atom. The highest BCUT2D eigenvalue weighted by atomic mass is 16.5. The van der Waals surface area contributed by atoms with Gasteiger partial charge in [0.05, 0.1) is 17.6 Å². The van der Waals surface area contributed by atoms with Gasteiger partial charge in [-0.15, -0.1) is 0 Å². The van der Waals surface area contributed by atoms with Crippen LogP contribution in [0.4, 0.5) is 11.4 Å². The number of carbonyl (C=O) groups is 1. The summed E-state index contributed by atoms with van der Waals surface area (Å²) in [5, 5.41) is 7.41. The van der Waals surface area contributed by atoms with Crippen LogP contribution in [0.1, 0.15) is 53.6 Å². The Balaban J connectivity index is 1.34. The third kappa shape index (κ3) is 3.96. The van der Waals surface area contributed by atoms with E-state index in [0.717, 1.165) is 60.1 Å². The van der Waals surface area contributed by atoms with E-state index in [0.29, 0.717) is 17.1 Å². The van der Waals surface area contributed by atoms with Gasteiger partial charge in [0.15, 0.2) is 5.65 Å². The summed E-state index contributed by atoms with van der Waals surface area (Å²) in [6.45, 7) is 7.74. The number of rotatable bonds is 4. The van der Waals surface area contributed by atoms with Gasteiger partial charge in [-0.1, -0.05) is 0 Å². The van der Waals surface area contributed by atoms with Crippen molar-refractivity contribution in [2.24, 2.45) is 0 Å². The van der Waals surface area contributed by atoms with E-state index in [4.69, 9.17) is 4.74 Å². The van der Waals surface area contributed by atoms with E-state index in [2.05, 4.69) is 56.2 Å². The summed E-state index contributed by atoms with van der Waals surface area (Å²) in [5.41, 5.74) is 4.55. The average molecular weight is 470 g/mol. The molecule has 1 saturated heterocycles. The molecule has 3 aromatic heterocycles. The molecule has 35 heavy (non-hydrogen) atoms. The zero-order valence-corrected chi connectivity index (χ0v) is 20.0. The maximum Gasteiger partial charge on any atom is 0.261 e. The molecule has 1 aromatic carbocycles. The number of aromatic nitrogens is 5. The Bertz CT molecular complexity index is 1440. The van der Waals surface area contributed by atoms with Crippen LogP contribution in [0.2, 0.25) is 0 Å². The summed E-state index contributed by atoms with van der Waals surface area (Å²) in [4.78, 5) is 28.8. The molecule has 1 amide bonds. The molecule has 1 fully saturated rings. The van der Waals surface area contributed by atoms with Crippen LogP contribution < -0.4 is 15.0 Å². The molecule has 0 bridgehead atoms. The number of benzene rings is 1. The van der Waals surface area contributed by atoms with Gasteiger partial charge < -0.3 is 15.0 Å². The molecule has 9 heteroatoms. The Morgan fingerprint density at radius 1 is 1.23 bits per heavy atom. The van der Waals surface area contributed by atoms with Crippen molar-refractivity contribution in [2.75, 3.05) is 23.3 Å². The maximum atomic E-state index is 13.3. The van der Waals surface area contributed by atoms with Gasteiger partial charge in [0, 0.05) is 61.3 Å². The summed E-state index contributed by atoms with van der Waals surface area (Å²) in [7, 11) is 0. The van der Waals surface area contributed by atoms with Gasteiger partial charge in [0.25, 0.3) is 5.91 Å². The van der Waals surface area contributed by atoms with Crippen molar-refractivity contribution in [3.63, 3.8) is 0 Å². The Kier molecular flexibility index (Phi) is 4.94. The van der Waals surface area contributed by atoms with Crippen molar-refractivity contribution in [2.45, 2.75) is 45.1 Å². The summed E-state index contributed by atoms with van der Waals surface area (Å²) in [5.74, 6) is 1.72. The predicted molar refractivity (Wildman–Crippen MR) is 132 cm³/mol. The van der Waals surface area contributed by atoms with Crippen molar-refractivity contribution in [3.8, 4) is 5.75 Å². The van der Waals surface area contributed by atoms with Crippen LogP contribution in [0.5, 0.6) is 5.75 Å². The topological polar surface area (TPSA) is 97.5 Å². The van der Waals surface area contributed by atoms with Crippen LogP contribution in [-0.4, -0.2) is 49.2 Å². The quantitative estimate of drug-likeness (QED) is 0.486. The van der Waals surface area contributed by atoms with Crippen molar-refractivity contribution in [1.82, 2.24) is 24.6 Å². The van der Waals surface area contributed by atoms with Crippen LogP contribution in [0.25, 0.3) is 5.65 Å². The molecular weight excluding hydrogens is 442 g/mol. The number of aryl methyl sites for hydroxylation is 1. The lowest BCUT2D eigenvalue weighted by atomic mass is 10.0. The highest BCUT2D eigenvalue weighted by Gasteiger charge is 2.34. The molecule has 2 aliphatic heterocycles. The first-order valence-electron chi connectivity index (χ1n) is 11.9. The fraction of sp³-hybridized carbons (Fsp3) is 0.346. The second-order valence-electron chi connectivity index (χ2n) is 9.88. The lowest BCUT2D eigenvalue weighted by molar-refractivity contribution is 0.102. The molecule has 5 heterocycles. The largest absolute Gasteiger partial charge is 0.487 e. The van der Waals surface area contributed by atoms with Crippen LogP contribution >= 0.6 is 0 Å². The van der Waals surface area contributed by atoms with Gasteiger partial charge in [-0.05, 0) is 45.4 Å². The van der Waals surface area contributed by atoms with E-state index in [1.807, 2.05) is 19.2 Å². The minimum Gasteiger partial charge on any atom is -0.487 e. The molecule has 0 saturated carbocycles. The average Bonchev–Trinajstić information content (AvgIpc) is 3.54. The number of amides is 1. The number of nitrogens with one attached hydrogen (secondary N) is 1. The van der Waals surface area contributed by atoms with Crippen LogP contribution in [0, 0.1) is 6.92 Å². The summed E-state index contributed by atoms with van der Waals surface area (Å²) >= 11 is 0. The van der Waals surface area contributed by atoms with Gasteiger partial charge in [-0.3, -0.25) is 4.79 Å². The van der Waals surface area contributed by atoms with Gasteiger partial charge in [-0.2, -0.15) is 5.10 Å². The smallest absolute Gasteiger partial charge is 0.261 e. The zero-order valence-electron chi connectivity index (χ0n) is 20.0. The first-order chi connectivity index (χ1) is 16.9. The molecular formula is C26H27N7O2. The van der Waals surface area contributed by atoms with Gasteiger partial charge in [0.1, 0.15) is 22.7 Å². The highest BCUT2D eigenvalue weighted by molar-refractivity contribution is 6.09. The van der Waals surface area contributed by atoms with E-state index in [9.17, 15) is 4.79 Å². The molecule has 178 valence electrons. The normalized spacial score (nSPS) is 18.5. The number of ether oxygens (including phenoxy) is 1. The van der Waals surface area contributed by atoms with Crippen molar-refractivity contribution >= 4 is 22.9 Å². The van der Waals surface area contributed by atoms with Crippen molar-refractivity contribution in [1.29, 1.82) is 0 Å². The third-order valence-electron chi connectivity index (χ3n) is 6.70. The van der Waals surface area contributed by atoms with Crippen LogP contribution in [-0.2, 0) is 6.42 Å². The molecule has 2 aliphatic rings. The Hall–Kier alpha value is -4.01. The molecule has 4 aromatic rings. The first-order valence-corrected chi connectivity index (χ1v) is 11.9. The molecule has 1 N–H and O–H groups in total. The lowest BCUT2D eigenvalue weighted by Crippen LogP contribution is -2.24. The van der Waals surface area contributed by atoms with Crippen molar-refractivity contribution < 1.29 is 9.53 Å². The zero-order chi connectivity index (χ0) is 24.2. The van der Waals surface area contributed by atoms with Gasteiger partial charge in [0.2, 0.25) is 0 Å². The summed E-state index contributed by atoms with van der Waals surface area (Å²) in [6.07, 6.45) is 8.57. The molecule has 0 radical (unpaired) electrons. The summed E-state index contributed by atoms with van der Waals surface area (Å²) < 4.78 is 7.83. The van der Waals surface area contributed by atoms with Crippen LogP contribution in [0.15, 0.2) is 49.1 Å². The van der Waals surface area contributed by atoms with E-state index in [1.165, 1.54) is 0 Å². The fourth-order valence-electron chi connectivity index (χ4n) is 5.10. The highest BCUT2D eigenvalue weighted by Crippen LogP contribution is 2.43.